The van der Waals surface area contributed by atoms with E-state index in [4.69, 9.17) is 9.72 Å². The fraction of sp³-hybridized carbons (Fsp3) is 0.292. The van der Waals surface area contributed by atoms with Crippen LogP contribution in [0.4, 0.5) is 0 Å². The third-order valence-corrected chi connectivity index (χ3v) is 6.17. The molecule has 0 fully saturated rings. The van der Waals surface area contributed by atoms with Crippen molar-refractivity contribution in [1.82, 2.24) is 9.55 Å². The van der Waals surface area contributed by atoms with E-state index >= 15 is 0 Å². The van der Waals surface area contributed by atoms with Crippen LogP contribution in [0.25, 0.3) is 32.1 Å². The molecule has 2 aromatic carbocycles. The number of esters is 1. The zero-order chi connectivity index (χ0) is 21.1. The zero-order valence-electron chi connectivity index (χ0n) is 17.2. The average Bonchev–Trinajstić information content (AvgIpc) is 3.19. The minimum atomic E-state index is -0.262. The van der Waals surface area contributed by atoms with Gasteiger partial charge in [0.05, 0.1) is 12.5 Å². The monoisotopic (exact) mass is 420 g/mol. The normalized spacial score (nSPS) is 11.3. The van der Waals surface area contributed by atoms with Crippen LogP contribution in [0.3, 0.4) is 0 Å². The first kappa shape index (κ1) is 20.3. The van der Waals surface area contributed by atoms with E-state index in [1.165, 1.54) is 23.8 Å². The number of carbonyl (C=O) groups excluding carboxylic acids is 1. The molecule has 5 nitrogen and oxygen atoms in total. The van der Waals surface area contributed by atoms with Gasteiger partial charge < -0.3 is 4.74 Å². The number of carbonyl (C=O) groups is 1. The maximum absolute atomic E-state index is 13.5. The molecule has 0 aliphatic heterocycles. The second-order valence-corrected chi connectivity index (χ2v) is 8.16. The molecule has 0 atom stereocenters. The van der Waals surface area contributed by atoms with E-state index in [-0.39, 0.29) is 17.9 Å². The van der Waals surface area contributed by atoms with Gasteiger partial charge in [-0.2, -0.15) is 0 Å². The van der Waals surface area contributed by atoms with Crippen LogP contribution in [-0.2, 0) is 22.5 Å². The summed E-state index contributed by atoms with van der Waals surface area (Å²) >= 11 is 1.51. The molecule has 4 rings (SSSR count). The van der Waals surface area contributed by atoms with Crippen LogP contribution in [0, 0.1) is 0 Å². The molecular formula is C24H24N2O3S. The van der Waals surface area contributed by atoms with E-state index in [2.05, 4.69) is 37.3 Å². The number of hydrogen-bond acceptors (Lipinski definition) is 5. The standard InChI is InChI=1S/C24H24N2O3S/c1-3-7-20-25-23-22(24(28)26(20)13-6-10-21(27)29-2)19(15-30-23)18-12-11-16-8-4-5-9-17(16)14-18/h4-5,8-9,11-12,14-15H,3,6-7,10,13H2,1-2H3. The summed E-state index contributed by atoms with van der Waals surface area (Å²) in [6.07, 6.45) is 2.46. The van der Waals surface area contributed by atoms with Crippen molar-refractivity contribution in [3.05, 3.63) is 64.0 Å². The minimum absolute atomic E-state index is 0.0299. The fourth-order valence-electron chi connectivity index (χ4n) is 3.76. The lowest BCUT2D eigenvalue weighted by Crippen LogP contribution is -2.25. The highest BCUT2D eigenvalue weighted by Crippen LogP contribution is 2.33. The Labute approximate surface area is 178 Å². The number of methoxy groups -OCH3 is 1. The van der Waals surface area contributed by atoms with Crippen molar-refractivity contribution in [2.45, 2.75) is 39.2 Å². The van der Waals surface area contributed by atoms with Crippen molar-refractivity contribution in [2.24, 2.45) is 0 Å². The number of rotatable bonds is 7. The Balaban J connectivity index is 1.81. The summed E-state index contributed by atoms with van der Waals surface area (Å²) in [5, 5.41) is 5.00. The molecule has 0 N–H and O–H groups in total. The molecular weight excluding hydrogens is 396 g/mol. The van der Waals surface area contributed by atoms with Crippen LogP contribution < -0.4 is 5.56 Å². The number of aryl methyl sites for hydroxylation is 1. The molecule has 6 heteroatoms. The largest absolute Gasteiger partial charge is 0.469 e. The van der Waals surface area contributed by atoms with Crippen molar-refractivity contribution >= 4 is 38.3 Å². The highest BCUT2D eigenvalue weighted by atomic mass is 32.1. The van der Waals surface area contributed by atoms with E-state index in [0.717, 1.165) is 40.0 Å². The first-order valence-electron chi connectivity index (χ1n) is 10.2. The molecule has 0 aliphatic rings. The first-order chi connectivity index (χ1) is 14.6. The molecule has 0 bridgehead atoms. The summed E-state index contributed by atoms with van der Waals surface area (Å²) in [6, 6.07) is 14.5. The van der Waals surface area contributed by atoms with Gasteiger partial charge in [0.25, 0.3) is 5.56 Å². The van der Waals surface area contributed by atoms with Gasteiger partial charge in [0.1, 0.15) is 10.7 Å². The Bertz CT molecular complexity index is 1270. The van der Waals surface area contributed by atoms with Gasteiger partial charge in [0, 0.05) is 30.3 Å². The Morgan fingerprint density at radius 2 is 1.97 bits per heavy atom. The second-order valence-electron chi connectivity index (χ2n) is 7.31. The number of thiophene rings is 1. The van der Waals surface area contributed by atoms with E-state index in [0.29, 0.717) is 18.4 Å². The van der Waals surface area contributed by atoms with Gasteiger partial charge in [-0.15, -0.1) is 11.3 Å². The predicted octanol–water partition coefficient (Wildman–Crippen LogP) is 5.18. The molecule has 0 saturated carbocycles. The number of benzene rings is 2. The van der Waals surface area contributed by atoms with Crippen LogP contribution in [0.2, 0.25) is 0 Å². The quantitative estimate of drug-likeness (QED) is 0.386. The molecule has 0 spiro atoms. The van der Waals surface area contributed by atoms with Crippen LogP contribution in [0.5, 0.6) is 0 Å². The lowest BCUT2D eigenvalue weighted by Gasteiger charge is -2.12. The van der Waals surface area contributed by atoms with Crippen molar-refractivity contribution in [3.63, 3.8) is 0 Å². The summed E-state index contributed by atoms with van der Waals surface area (Å²) in [7, 11) is 1.38. The summed E-state index contributed by atoms with van der Waals surface area (Å²) in [4.78, 5) is 30.6. The van der Waals surface area contributed by atoms with Crippen LogP contribution in [0.15, 0.2) is 52.6 Å². The number of aromatic nitrogens is 2. The highest BCUT2D eigenvalue weighted by molar-refractivity contribution is 7.17. The fourth-order valence-corrected chi connectivity index (χ4v) is 4.72. The SMILES string of the molecule is CCCc1nc2scc(-c3ccc4ccccc4c3)c2c(=O)n1CCCC(=O)OC. The maximum Gasteiger partial charge on any atom is 0.305 e. The van der Waals surface area contributed by atoms with Crippen molar-refractivity contribution in [1.29, 1.82) is 0 Å². The van der Waals surface area contributed by atoms with Gasteiger partial charge in [-0.3, -0.25) is 14.2 Å². The predicted molar refractivity (Wildman–Crippen MR) is 122 cm³/mol. The summed E-state index contributed by atoms with van der Waals surface area (Å²) in [5.74, 6) is 0.522. The second kappa shape index (κ2) is 8.79. The summed E-state index contributed by atoms with van der Waals surface area (Å²) < 4.78 is 6.47. The Morgan fingerprint density at radius 3 is 2.73 bits per heavy atom. The molecule has 4 aromatic rings. The number of nitrogens with zero attached hydrogens (tertiary/aromatic N) is 2. The van der Waals surface area contributed by atoms with E-state index in [1.807, 2.05) is 17.5 Å². The molecule has 0 aliphatic carbocycles. The maximum atomic E-state index is 13.5. The number of fused-ring (bicyclic) bond motifs is 2. The number of hydrogen-bond donors (Lipinski definition) is 0. The first-order valence-corrected chi connectivity index (χ1v) is 11.1. The minimum Gasteiger partial charge on any atom is -0.469 e. The smallest absolute Gasteiger partial charge is 0.305 e. The molecule has 0 radical (unpaired) electrons. The summed E-state index contributed by atoms with van der Waals surface area (Å²) in [6.45, 7) is 2.53. The molecule has 0 saturated heterocycles. The molecule has 154 valence electrons. The third-order valence-electron chi connectivity index (χ3n) is 5.30. The molecule has 2 heterocycles. The number of ether oxygens (including phenoxy) is 1. The van der Waals surface area contributed by atoms with E-state index < -0.39 is 0 Å². The Kier molecular flexibility index (Phi) is 5.95. The molecule has 30 heavy (non-hydrogen) atoms. The van der Waals surface area contributed by atoms with Crippen LogP contribution >= 0.6 is 11.3 Å². The Morgan fingerprint density at radius 1 is 1.17 bits per heavy atom. The van der Waals surface area contributed by atoms with E-state index in [9.17, 15) is 9.59 Å². The molecule has 2 aromatic heterocycles. The third kappa shape index (κ3) is 3.87. The lowest BCUT2D eigenvalue weighted by molar-refractivity contribution is -0.140. The van der Waals surface area contributed by atoms with Crippen molar-refractivity contribution < 1.29 is 9.53 Å². The van der Waals surface area contributed by atoms with Gasteiger partial charge in [-0.05, 0) is 35.2 Å². The Hall–Kier alpha value is -2.99. The molecule has 0 amide bonds. The lowest BCUT2D eigenvalue weighted by atomic mass is 10.0. The van der Waals surface area contributed by atoms with E-state index in [1.54, 1.807) is 4.57 Å². The van der Waals surface area contributed by atoms with Crippen LogP contribution in [0.1, 0.15) is 32.0 Å². The van der Waals surface area contributed by atoms with Crippen LogP contribution in [-0.4, -0.2) is 22.6 Å². The topological polar surface area (TPSA) is 61.2 Å². The van der Waals surface area contributed by atoms with Crippen molar-refractivity contribution in [3.8, 4) is 11.1 Å². The van der Waals surface area contributed by atoms with Gasteiger partial charge in [0.15, 0.2) is 0 Å². The van der Waals surface area contributed by atoms with Gasteiger partial charge in [0.2, 0.25) is 0 Å². The summed E-state index contributed by atoms with van der Waals surface area (Å²) in [5.41, 5.74) is 1.91. The average molecular weight is 421 g/mol. The zero-order valence-corrected chi connectivity index (χ0v) is 18.0. The molecule has 0 unspecified atom stereocenters. The van der Waals surface area contributed by atoms with Crippen molar-refractivity contribution in [2.75, 3.05) is 7.11 Å². The van der Waals surface area contributed by atoms with Gasteiger partial charge in [-0.1, -0.05) is 43.3 Å². The van der Waals surface area contributed by atoms with Gasteiger partial charge >= 0.3 is 5.97 Å². The highest BCUT2D eigenvalue weighted by Gasteiger charge is 2.17. The van der Waals surface area contributed by atoms with Gasteiger partial charge in [-0.25, -0.2) is 4.98 Å².